The lowest BCUT2D eigenvalue weighted by Crippen LogP contribution is -2.41. The largest absolute Gasteiger partial charge is 0.353 e. The second-order valence-electron chi connectivity index (χ2n) is 14.9. The smallest absolute Gasteiger partial charge is 0.248 e. The molecule has 45 heavy (non-hydrogen) atoms. The number of likely N-dealkylation sites (tertiary alicyclic amines) is 2. The predicted octanol–water partition coefficient (Wildman–Crippen LogP) is 5.92. The number of nitrogens with one attached hydrogen (secondary N) is 2. The molecule has 0 spiro atoms. The van der Waals surface area contributed by atoms with Crippen LogP contribution in [0.3, 0.4) is 0 Å². The van der Waals surface area contributed by atoms with Crippen molar-refractivity contribution in [2.45, 2.75) is 135 Å². The summed E-state index contributed by atoms with van der Waals surface area (Å²) in [5.41, 5.74) is 1.20. The molecule has 4 rings (SSSR count). The molecule has 8 heteroatoms. The fourth-order valence-electron chi connectivity index (χ4n) is 8.40. The maximum Gasteiger partial charge on any atom is 0.248 e. The first-order valence-corrected chi connectivity index (χ1v) is 18.1. The Morgan fingerprint density at radius 3 is 1.31 bits per heavy atom. The van der Waals surface area contributed by atoms with E-state index in [0.717, 1.165) is 90.4 Å². The van der Waals surface area contributed by atoms with Crippen LogP contribution in [0.2, 0.25) is 0 Å². The lowest BCUT2D eigenvalue weighted by molar-refractivity contribution is -0.129. The Labute approximate surface area is 272 Å². The highest BCUT2D eigenvalue weighted by Crippen LogP contribution is 2.36. The standard InChI is InChI=1S/C37H60N4O4/c1-26(2)36(44)40-19-15-28(16-20-40)11-13-34(42)38-32-9-5-7-30(24-32)23-31-8-6-10-33(25-31)39-35(43)14-12-29-17-21-41(22-18-29)37(45)27(3)4/h28-33H,1,3,5-25H2,2,4H3,(H,38,42)(H,39,43). The van der Waals surface area contributed by atoms with E-state index in [-0.39, 0.29) is 35.7 Å². The molecule has 2 aliphatic carbocycles. The fourth-order valence-corrected chi connectivity index (χ4v) is 8.40. The molecule has 4 fully saturated rings. The van der Waals surface area contributed by atoms with Crippen molar-refractivity contribution in [2.75, 3.05) is 26.2 Å². The highest BCUT2D eigenvalue weighted by atomic mass is 16.2. The van der Waals surface area contributed by atoms with Gasteiger partial charge in [0.15, 0.2) is 0 Å². The summed E-state index contributed by atoms with van der Waals surface area (Å²) < 4.78 is 0. The minimum absolute atomic E-state index is 0.0597. The molecule has 0 aromatic carbocycles. The van der Waals surface area contributed by atoms with Gasteiger partial charge in [0.05, 0.1) is 0 Å². The first kappa shape index (κ1) is 35.2. The van der Waals surface area contributed by atoms with E-state index < -0.39 is 0 Å². The summed E-state index contributed by atoms with van der Waals surface area (Å²) in [7, 11) is 0. The van der Waals surface area contributed by atoms with Crippen molar-refractivity contribution in [1.29, 1.82) is 0 Å². The van der Waals surface area contributed by atoms with Crippen LogP contribution < -0.4 is 10.6 Å². The van der Waals surface area contributed by atoms with Crippen LogP contribution in [0.25, 0.3) is 0 Å². The van der Waals surface area contributed by atoms with Crippen LogP contribution in [0.15, 0.2) is 24.3 Å². The predicted molar refractivity (Wildman–Crippen MR) is 179 cm³/mol. The topological polar surface area (TPSA) is 98.8 Å². The van der Waals surface area contributed by atoms with Gasteiger partial charge in [-0.15, -0.1) is 0 Å². The van der Waals surface area contributed by atoms with E-state index in [0.29, 0.717) is 47.7 Å². The zero-order valence-electron chi connectivity index (χ0n) is 28.3. The Balaban J connectivity index is 1.09. The molecule has 4 aliphatic rings. The van der Waals surface area contributed by atoms with Crippen LogP contribution in [0.4, 0.5) is 0 Å². The summed E-state index contributed by atoms with van der Waals surface area (Å²) in [6.45, 7) is 14.2. The van der Waals surface area contributed by atoms with Gasteiger partial charge >= 0.3 is 0 Å². The summed E-state index contributed by atoms with van der Waals surface area (Å²) in [6.07, 6.45) is 17.2. The quantitative estimate of drug-likeness (QED) is 0.264. The van der Waals surface area contributed by atoms with Crippen molar-refractivity contribution >= 4 is 23.6 Å². The van der Waals surface area contributed by atoms with Crippen LogP contribution in [0, 0.1) is 23.7 Å². The molecule has 2 heterocycles. The van der Waals surface area contributed by atoms with Gasteiger partial charge in [-0.25, -0.2) is 0 Å². The minimum atomic E-state index is 0.0597. The van der Waals surface area contributed by atoms with Crippen molar-refractivity contribution in [3.8, 4) is 0 Å². The van der Waals surface area contributed by atoms with Gasteiger partial charge in [0, 0.05) is 62.3 Å². The monoisotopic (exact) mass is 624 g/mol. The van der Waals surface area contributed by atoms with Gasteiger partial charge < -0.3 is 20.4 Å². The van der Waals surface area contributed by atoms with Crippen molar-refractivity contribution in [3.63, 3.8) is 0 Å². The average molecular weight is 625 g/mol. The highest BCUT2D eigenvalue weighted by molar-refractivity contribution is 5.92. The highest BCUT2D eigenvalue weighted by Gasteiger charge is 2.30. The van der Waals surface area contributed by atoms with E-state index in [9.17, 15) is 19.2 Å². The fraction of sp³-hybridized carbons (Fsp3) is 0.784. The number of piperidine rings is 2. The molecule has 0 radical (unpaired) electrons. The Bertz CT molecular complexity index is 975. The normalized spacial score (nSPS) is 26.6. The molecule has 4 unspecified atom stereocenters. The van der Waals surface area contributed by atoms with E-state index in [1.807, 2.05) is 9.80 Å². The molecular weight excluding hydrogens is 564 g/mol. The molecule has 0 bridgehead atoms. The molecule has 8 nitrogen and oxygen atoms in total. The first-order chi connectivity index (χ1) is 21.6. The summed E-state index contributed by atoms with van der Waals surface area (Å²) in [4.78, 5) is 53.8. The van der Waals surface area contributed by atoms with Crippen LogP contribution in [-0.4, -0.2) is 71.7 Å². The zero-order valence-corrected chi connectivity index (χ0v) is 28.3. The van der Waals surface area contributed by atoms with Gasteiger partial charge in [-0.2, -0.15) is 0 Å². The summed E-state index contributed by atoms with van der Waals surface area (Å²) in [5, 5.41) is 6.72. The SMILES string of the molecule is C=C(C)C(=O)N1CCC(CCC(=O)NC2CCCC(CC3CCCC(NC(=O)CCC4CCN(C(=O)C(=C)C)CC4)C3)C2)CC1. The van der Waals surface area contributed by atoms with Gasteiger partial charge in [0.2, 0.25) is 23.6 Å². The second-order valence-corrected chi connectivity index (χ2v) is 14.9. The van der Waals surface area contributed by atoms with E-state index in [1.165, 1.54) is 32.1 Å². The van der Waals surface area contributed by atoms with Crippen LogP contribution in [0.5, 0.6) is 0 Å². The summed E-state index contributed by atoms with van der Waals surface area (Å²) in [5.74, 6) is 2.83. The van der Waals surface area contributed by atoms with E-state index in [4.69, 9.17) is 0 Å². The maximum atomic E-state index is 12.8. The van der Waals surface area contributed by atoms with E-state index in [1.54, 1.807) is 13.8 Å². The van der Waals surface area contributed by atoms with Gasteiger partial charge in [-0.3, -0.25) is 19.2 Å². The number of nitrogens with zero attached hydrogens (tertiary/aromatic N) is 2. The summed E-state index contributed by atoms with van der Waals surface area (Å²) in [6, 6.07) is 0.576. The molecule has 2 aliphatic heterocycles. The number of hydrogen-bond acceptors (Lipinski definition) is 4. The van der Waals surface area contributed by atoms with E-state index in [2.05, 4.69) is 23.8 Å². The second kappa shape index (κ2) is 17.3. The van der Waals surface area contributed by atoms with Crippen molar-refractivity contribution < 1.29 is 19.2 Å². The van der Waals surface area contributed by atoms with Gasteiger partial charge in [-0.1, -0.05) is 38.8 Å². The minimum Gasteiger partial charge on any atom is -0.353 e. The third-order valence-electron chi connectivity index (χ3n) is 11.1. The van der Waals surface area contributed by atoms with Crippen LogP contribution >= 0.6 is 0 Å². The van der Waals surface area contributed by atoms with Crippen molar-refractivity contribution in [2.24, 2.45) is 23.7 Å². The van der Waals surface area contributed by atoms with Crippen molar-refractivity contribution in [3.05, 3.63) is 24.3 Å². The molecule has 252 valence electrons. The number of hydrogen-bond donors (Lipinski definition) is 2. The Morgan fingerprint density at radius 1 is 0.578 bits per heavy atom. The van der Waals surface area contributed by atoms with Gasteiger partial charge in [0.25, 0.3) is 0 Å². The zero-order chi connectivity index (χ0) is 32.3. The number of amides is 4. The molecule has 0 aromatic heterocycles. The lowest BCUT2D eigenvalue weighted by Gasteiger charge is -2.36. The average Bonchev–Trinajstić information content (AvgIpc) is 3.03. The Kier molecular flexibility index (Phi) is 13.6. The molecule has 0 aromatic rings. The van der Waals surface area contributed by atoms with Gasteiger partial charge in [0.1, 0.15) is 0 Å². The summed E-state index contributed by atoms with van der Waals surface area (Å²) >= 11 is 0. The van der Waals surface area contributed by atoms with Crippen molar-refractivity contribution in [1.82, 2.24) is 20.4 Å². The molecular formula is C37H60N4O4. The Hall–Kier alpha value is -2.64. The number of rotatable bonds is 12. The third kappa shape index (κ3) is 11.3. The lowest BCUT2D eigenvalue weighted by atomic mass is 9.75. The Morgan fingerprint density at radius 2 is 0.956 bits per heavy atom. The molecule has 2 saturated carbocycles. The molecule has 4 atom stereocenters. The van der Waals surface area contributed by atoms with E-state index >= 15 is 0 Å². The molecule has 2 saturated heterocycles. The first-order valence-electron chi connectivity index (χ1n) is 18.1. The van der Waals surface area contributed by atoms with Gasteiger partial charge in [-0.05, 0) is 108 Å². The van der Waals surface area contributed by atoms with Crippen LogP contribution in [-0.2, 0) is 19.2 Å². The molecule has 4 amide bonds. The molecule has 2 N–H and O–H groups in total. The maximum absolute atomic E-state index is 12.8. The third-order valence-corrected chi connectivity index (χ3v) is 11.1. The number of carbonyl (C=O) groups is 4. The number of carbonyl (C=O) groups excluding carboxylic acids is 4. The van der Waals surface area contributed by atoms with Crippen LogP contribution in [0.1, 0.15) is 123 Å².